The van der Waals surface area contributed by atoms with Crippen molar-refractivity contribution in [3.05, 3.63) is 29.8 Å². The number of nitrogens with zero attached hydrogens (tertiary/aromatic N) is 2. The van der Waals surface area contributed by atoms with E-state index in [0.29, 0.717) is 30.8 Å². The van der Waals surface area contributed by atoms with E-state index < -0.39 is 5.97 Å². The second kappa shape index (κ2) is 8.51. The van der Waals surface area contributed by atoms with Crippen LogP contribution in [-0.4, -0.2) is 72.8 Å². The minimum Gasteiger partial charge on any atom is -0.465 e. The number of carbonyl (C=O) groups excluding carboxylic acids is 2. The van der Waals surface area contributed by atoms with Crippen molar-refractivity contribution in [1.29, 1.82) is 0 Å². The fraction of sp³-hybridized carbons (Fsp3) is 0.579. The topological polar surface area (TPSA) is 82.1 Å². The van der Waals surface area contributed by atoms with Gasteiger partial charge in [0.2, 0.25) is 0 Å². The van der Waals surface area contributed by atoms with Gasteiger partial charge in [-0.2, -0.15) is 0 Å². The van der Waals surface area contributed by atoms with E-state index in [2.05, 4.69) is 10.2 Å². The molecule has 1 aliphatic carbocycles. The molecule has 3 rings (SSSR count). The number of hydrogen-bond donors (Lipinski definition) is 2. The molecule has 2 fully saturated rings. The minimum absolute atomic E-state index is 0.127. The molecular formula is C19H27N3O4. The van der Waals surface area contributed by atoms with Crippen LogP contribution in [0, 0.1) is 5.92 Å². The number of piperazine rings is 1. The number of urea groups is 1. The van der Waals surface area contributed by atoms with Crippen molar-refractivity contribution in [2.24, 2.45) is 5.92 Å². The maximum absolute atomic E-state index is 12.6. The van der Waals surface area contributed by atoms with Gasteiger partial charge in [-0.3, -0.25) is 4.90 Å². The number of methoxy groups -OCH3 is 1. The Morgan fingerprint density at radius 3 is 2.81 bits per heavy atom. The van der Waals surface area contributed by atoms with Crippen molar-refractivity contribution >= 4 is 17.7 Å². The molecule has 0 aromatic heterocycles. The van der Waals surface area contributed by atoms with E-state index in [1.807, 2.05) is 0 Å². The van der Waals surface area contributed by atoms with Crippen LogP contribution >= 0.6 is 0 Å². The molecule has 2 N–H and O–H groups in total. The summed E-state index contributed by atoms with van der Waals surface area (Å²) in [6.45, 7) is 3.30. The van der Waals surface area contributed by atoms with Crippen molar-refractivity contribution in [1.82, 2.24) is 9.80 Å². The molecule has 2 aliphatic rings. The van der Waals surface area contributed by atoms with Gasteiger partial charge in [0.25, 0.3) is 0 Å². The number of amides is 2. The zero-order chi connectivity index (χ0) is 18.5. The molecule has 0 radical (unpaired) electrons. The first-order valence-corrected chi connectivity index (χ1v) is 9.20. The van der Waals surface area contributed by atoms with E-state index in [1.165, 1.54) is 20.0 Å². The van der Waals surface area contributed by atoms with Gasteiger partial charge < -0.3 is 20.1 Å². The molecule has 1 aliphatic heterocycles. The van der Waals surface area contributed by atoms with Crippen LogP contribution in [-0.2, 0) is 4.74 Å². The number of benzene rings is 1. The quantitative estimate of drug-likeness (QED) is 0.755. The second-order valence-electron chi connectivity index (χ2n) is 7.05. The van der Waals surface area contributed by atoms with Crippen molar-refractivity contribution in [2.75, 3.05) is 45.2 Å². The Kier molecular flexibility index (Phi) is 6.11. The lowest BCUT2D eigenvalue weighted by molar-refractivity contribution is 0.0600. The molecule has 1 atom stereocenters. The summed E-state index contributed by atoms with van der Waals surface area (Å²) in [6, 6.07) is 6.74. The van der Waals surface area contributed by atoms with Gasteiger partial charge in [0, 0.05) is 44.5 Å². The zero-order valence-electron chi connectivity index (χ0n) is 15.2. The van der Waals surface area contributed by atoms with Gasteiger partial charge in [-0.1, -0.05) is 6.07 Å². The predicted molar refractivity (Wildman–Crippen MR) is 98.2 cm³/mol. The van der Waals surface area contributed by atoms with Crippen LogP contribution in [0.2, 0.25) is 0 Å². The molecule has 0 spiro atoms. The average molecular weight is 361 g/mol. The maximum atomic E-state index is 12.6. The molecule has 1 heterocycles. The Balaban J connectivity index is 1.60. The van der Waals surface area contributed by atoms with E-state index in [1.54, 1.807) is 29.2 Å². The Labute approximate surface area is 153 Å². The molecule has 7 nitrogen and oxygen atoms in total. The highest BCUT2D eigenvalue weighted by atomic mass is 16.5. The van der Waals surface area contributed by atoms with Crippen LogP contribution in [0.1, 0.15) is 29.6 Å². The number of aliphatic hydroxyl groups excluding tert-OH is 1. The number of rotatable bonds is 6. The molecule has 142 valence electrons. The lowest BCUT2D eigenvalue weighted by Gasteiger charge is -2.41. The monoisotopic (exact) mass is 361 g/mol. The second-order valence-corrected chi connectivity index (χ2v) is 7.05. The van der Waals surface area contributed by atoms with E-state index in [4.69, 9.17) is 4.74 Å². The molecule has 7 heteroatoms. The highest BCUT2D eigenvalue weighted by Crippen LogP contribution is 2.31. The van der Waals surface area contributed by atoms with Crippen molar-refractivity contribution in [3.8, 4) is 0 Å². The average Bonchev–Trinajstić information content (AvgIpc) is 3.47. The van der Waals surface area contributed by atoms with Crippen LogP contribution in [0.3, 0.4) is 0 Å². The highest BCUT2D eigenvalue weighted by molar-refractivity contribution is 5.93. The SMILES string of the molecule is COC(=O)c1cccc(NC(=O)N2CCN(CC3CC3)[C@H](CCO)C2)c1. The first kappa shape index (κ1) is 18.7. The number of hydrogen-bond acceptors (Lipinski definition) is 5. The van der Waals surface area contributed by atoms with E-state index in [9.17, 15) is 14.7 Å². The molecule has 1 aromatic rings. The third-order valence-electron chi connectivity index (χ3n) is 5.08. The number of esters is 1. The largest absolute Gasteiger partial charge is 0.465 e. The Morgan fingerprint density at radius 2 is 2.12 bits per heavy atom. The molecule has 1 saturated heterocycles. The van der Waals surface area contributed by atoms with Crippen LogP contribution in [0.4, 0.5) is 10.5 Å². The standard InChI is InChI=1S/C19H27N3O4/c1-26-18(24)15-3-2-4-16(11-15)20-19(25)22-9-8-21(12-14-5-6-14)17(13-22)7-10-23/h2-4,11,14,17,23H,5-10,12-13H2,1H3,(H,20,25)/t17-/m1/s1. The lowest BCUT2D eigenvalue weighted by Crippen LogP contribution is -2.56. The summed E-state index contributed by atoms with van der Waals surface area (Å²) in [7, 11) is 1.33. The summed E-state index contributed by atoms with van der Waals surface area (Å²) in [6.07, 6.45) is 3.26. The first-order valence-electron chi connectivity index (χ1n) is 9.20. The molecule has 0 bridgehead atoms. The molecule has 0 unspecified atom stereocenters. The van der Waals surface area contributed by atoms with Gasteiger partial charge in [0.15, 0.2) is 0 Å². The third kappa shape index (κ3) is 4.74. The van der Waals surface area contributed by atoms with Crippen LogP contribution in [0.15, 0.2) is 24.3 Å². The normalized spacial score (nSPS) is 20.7. The number of anilines is 1. The van der Waals surface area contributed by atoms with E-state index >= 15 is 0 Å². The fourth-order valence-electron chi connectivity index (χ4n) is 3.42. The van der Waals surface area contributed by atoms with Crippen LogP contribution in [0.5, 0.6) is 0 Å². The summed E-state index contributed by atoms with van der Waals surface area (Å²) in [5.41, 5.74) is 0.967. The first-order chi connectivity index (χ1) is 12.6. The number of carbonyl (C=O) groups is 2. The summed E-state index contributed by atoms with van der Waals surface area (Å²) in [4.78, 5) is 28.4. The maximum Gasteiger partial charge on any atom is 0.337 e. The minimum atomic E-state index is -0.433. The van der Waals surface area contributed by atoms with Crippen molar-refractivity contribution in [3.63, 3.8) is 0 Å². The predicted octanol–water partition coefficient (Wildman–Crippen LogP) is 1.78. The van der Waals surface area contributed by atoms with Gasteiger partial charge in [-0.15, -0.1) is 0 Å². The third-order valence-corrected chi connectivity index (χ3v) is 5.08. The fourth-order valence-corrected chi connectivity index (χ4v) is 3.42. The Bertz CT molecular complexity index is 647. The highest BCUT2D eigenvalue weighted by Gasteiger charge is 2.33. The number of nitrogens with one attached hydrogen (secondary N) is 1. The van der Waals surface area contributed by atoms with Gasteiger partial charge in [0.05, 0.1) is 12.7 Å². The Morgan fingerprint density at radius 1 is 1.31 bits per heavy atom. The van der Waals surface area contributed by atoms with Gasteiger partial charge in [-0.25, -0.2) is 9.59 Å². The molecule has 2 amide bonds. The molecule has 1 saturated carbocycles. The van der Waals surface area contributed by atoms with Crippen LogP contribution < -0.4 is 5.32 Å². The Hall–Kier alpha value is -2.12. The van der Waals surface area contributed by atoms with E-state index in [0.717, 1.165) is 19.0 Å². The molecular weight excluding hydrogens is 334 g/mol. The summed E-state index contributed by atoms with van der Waals surface area (Å²) in [5.74, 6) is 0.357. The number of aliphatic hydroxyl groups is 1. The van der Waals surface area contributed by atoms with Gasteiger partial charge in [0.1, 0.15) is 0 Å². The van der Waals surface area contributed by atoms with Crippen molar-refractivity contribution < 1.29 is 19.4 Å². The summed E-state index contributed by atoms with van der Waals surface area (Å²) >= 11 is 0. The number of ether oxygens (including phenoxy) is 1. The lowest BCUT2D eigenvalue weighted by atomic mass is 10.1. The van der Waals surface area contributed by atoms with Crippen molar-refractivity contribution in [2.45, 2.75) is 25.3 Å². The smallest absolute Gasteiger partial charge is 0.337 e. The summed E-state index contributed by atoms with van der Waals surface area (Å²) in [5, 5.41) is 12.2. The van der Waals surface area contributed by atoms with Crippen LogP contribution in [0.25, 0.3) is 0 Å². The van der Waals surface area contributed by atoms with Gasteiger partial charge in [-0.05, 0) is 43.4 Å². The molecule has 1 aromatic carbocycles. The van der Waals surface area contributed by atoms with E-state index in [-0.39, 0.29) is 18.7 Å². The molecule has 26 heavy (non-hydrogen) atoms. The summed E-state index contributed by atoms with van der Waals surface area (Å²) < 4.78 is 4.71. The van der Waals surface area contributed by atoms with Gasteiger partial charge >= 0.3 is 12.0 Å². The zero-order valence-corrected chi connectivity index (χ0v) is 15.2.